The minimum Gasteiger partial charge on any atom is -0.231 e. The van der Waals surface area contributed by atoms with Gasteiger partial charge >= 0.3 is 0 Å². The van der Waals surface area contributed by atoms with E-state index in [9.17, 15) is 8.78 Å². The number of nitriles is 1. The van der Waals surface area contributed by atoms with Crippen molar-refractivity contribution in [3.8, 4) is 11.8 Å². The number of rotatable bonds is 1. The van der Waals surface area contributed by atoms with Crippen molar-refractivity contribution in [3.05, 3.63) is 45.2 Å². The van der Waals surface area contributed by atoms with Gasteiger partial charge in [0.1, 0.15) is 5.69 Å². The summed E-state index contributed by atoms with van der Waals surface area (Å²) in [7, 11) is 0. The van der Waals surface area contributed by atoms with Crippen molar-refractivity contribution < 1.29 is 8.78 Å². The molecule has 0 saturated carbocycles. The second kappa shape index (κ2) is 4.50. The largest absolute Gasteiger partial charge is 0.231 e. The quantitative estimate of drug-likeness (QED) is 0.810. The molecule has 0 aliphatic rings. The van der Waals surface area contributed by atoms with Crippen LogP contribution in [0.1, 0.15) is 17.0 Å². The highest BCUT2D eigenvalue weighted by molar-refractivity contribution is 9.10. The summed E-state index contributed by atoms with van der Waals surface area (Å²) in [6.07, 6.45) is 0. The fraction of sp³-hybridized carbons (Fsp3) is 0.167. The van der Waals surface area contributed by atoms with Gasteiger partial charge in [-0.3, -0.25) is 0 Å². The number of benzene rings is 1. The summed E-state index contributed by atoms with van der Waals surface area (Å²) in [4.78, 5) is 0. The first-order valence-electron chi connectivity index (χ1n) is 5.07. The Morgan fingerprint density at radius 2 is 1.83 bits per heavy atom. The molecule has 3 nitrogen and oxygen atoms in total. The Labute approximate surface area is 111 Å². The normalized spacial score (nSPS) is 10.4. The van der Waals surface area contributed by atoms with E-state index < -0.39 is 11.6 Å². The molecule has 2 rings (SSSR count). The smallest absolute Gasteiger partial charge is 0.153 e. The van der Waals surface area contributed by atoms with Gasteiger partial charge in [-0.25, -0.2) is 13.5 Å². The van der Waals surface area contributed by atoms with Gasteiger partial charge in [0, 0.05) is 0 Å². The van der Waals surface area contributed by atoms with Gasteiger partial charge in [-0.1, -0.05) is 0 Å². The molecule has 2 aromatic rings. The van der Waals surface area contributed by atoms with Crippen molar-refractivity contribution in [2.75, 3.05) is 0 Å². The standard InChI is InChI=1S/C12H8BrF2N3/c1-6-11(13)7(2)18(17-6)12-9(14)3-8(5-16)4-10(12)15/h3-4H,1-2H3. The molecule has 0 spiro atoms. The average molecular weight is 312 g/mol. The molecule has 0 fully saturated rings. The number of aromatic nitrogens is 2. The number of hydrogen-bond donors (Lipinski definition) is 0. The van der Waals surface area contributed by atoms with E-state index in [1.807, 2.05) is 0 Å². The second-order valence-corrected chi connectivity index (χ2v) is 4.59. The lowest BCUT2D eigenvalue weighted by Gasteiger charge is -2.07. The van der Waals surface area contributed by atoms with Gasteiger partial charge in [0.2, 0.25) is 0 Å². The Balaban J connectivity index is 2.72. The van der Waals surface area contributed by atoms with E-state index in [1.165, 1.54) is 4.68 Å². The maximum Gasteiger partial charge on any atom is 0.153 e. The first kappa shape index (κ1) is 12.7. The van der Waals surface area contributed by atoms with Crippen LogP contribution < -0.4 is 0 Å². The third-order valence-electron chi connectivity index (χ3n) is 2.56. The first-order chi connectivity index (χ1) is 8.45. The predicted octanol–water partition coefficient (Wildman–Crippen LogP) is 3.40. The van der Waals surface area contributed by atoms with Crippen molar-refractivity contribution in [1.29, 1.82) is 5.26 Å². The summed E-state index contributed by atoms with van der Waals surface area (Å²) in [5, 5.41) is 12.7. The van der Waals surface area contributed by atoms with Crippen molar-refractivity contribution in [2.45, 2.75) is 13.8 Å². The molecule has 18 heavy (non-hydrogen) atoms. The Kier molecular flexibility index (Phi) is 3.18. The Bertz CT molecular complexity index is 648. The summed E-state index contributed by atoms with van der Waals surface area (Å²) in [5.41, 5.74) is 0.889. The highest BCUT2D eigenvalue weighted by atomic mass is 79.9. The van der Waals surface area contributed by atoms with Crippen molar-refractivity contribution >= 4 is 15.9 Å². The number of hydrogen-bond acceptors (Lipinski definition) is 2. The Morgan fingerprint density at radius 3 is 2.22 bits per heavy atom. The first-order valence-corrected chi connectivity index (χ1v) is 5.86. The van der Waals surface area contributed by atoms with Crippen LogP contribution in [0.3, 0.4) is 0 Å². The molecular formula is C12H8BrF2N3. The lowest BCUT2D eigenvalue weighted by atomic mass is 10.2. The molecule has 0 aliphatic heterocycles. The van der Waals surface area contributed by atoms with E-state index in [0.29, 0.717) is 15.9 Å². The second-order valence-electron chi connectivity index (χ2n) is 3.80. The van der Waals surface area contributed by atoms with Crippen LogP contribution in [0.5, 0.6) is 0 Å². The molecule has 1 heterocycles. The molecule has 1 aromatic heterocycles. The molecule has 0 atom stereocenters. The Hall–Kier alpha value is -1.74. The number of nitrogens with zero attached hydrogens (tertiary/aromatic N) is 3. The van der Waals surface area contributed by atoms with E-state index in [1.54, 1.807) is 19.9 Å². The lowest BCUT2D eigenvalue weighted by Crippen LogP contribution is -2.06. The highest BCUT2D eigenvalue weighted by Gasteiger charge is 2.18. The molecule has 0 aliphatic carbocycles. The third-order valence-corrected chi connectivity index (χ3v) is 3.71. The minimum atomic E-state index is -0.815. The van der Waals surface area contributed by atoms with Crippen LogP contribution >= 0.6 is 15.9 Å². The molecule has 0 unspecified atom stereocenters. The average Bonchev–Trinajstić information content (AvgIpc) is 2.56. The van der Waals surface area contributed by atoms with Crippen molar-refractivity contribution in [2.24, 2.45) is 0 Å². The lowest BCUT2D eigenvalue weighted by molar-refractivity contribution is 0.556. The van der Waals surface area contributed by atoms with Crippen molar-refractivity contribution in [3.63, 3.8) is 0 Å². The van der Waals surface area contributed by atoms with Crippen LogP contribution in [0, 0.1) is 36.8 Å². The molecule has 0 bridgehead atoms. The minimum absolute atomic E-state index is 0.0608. The Morgan fingerprint density at radius 1 is 1.28 bits per heavy atom. The summed E-state index contributed by atoms with van der Waals surface area (Å²) >= 11 is 3.29. The van der Waals surface area contributed by atoms with Crippen LogP contribution in [0.15, 0.2) is 16.6 Å². The molecule has 0 saturated heterocycles. The summed E-state index contributed by atoms with van der Waals surface area (Å²) < 4.78 is 29.6. The molecule has 0 radical (unpaired) electrons. The van der Waals surface area contributed by atoms with Gasteiger partial charge in [-0.15, -0.1) is 0 Å². The van der Waals surface area contributed by atoms with E-state index >= 15 is 0 Å². The van der Waals surface area contributed by atoms with Gasteiger partial charge in [0.25, 0.3) is 0 Å². The predicted molar refractivity (Wildman–Crippen MR) is 65.4 cm³/mol. The van der Waals surface area contributed by atoms with Gasteiger partial charge in [-0.05, 0) is 41.9 Å². The fourth-order valence-electron chi connectivity index (χ4n) is 1.67. The molecule has 6 heteroatoms. The number of halogens is 3. The summed E-state index contributed by atoms with van der Waals surface area (Å²) in [6.45, 7) is 3.42. The van der Waals surface area contributed by atoms with Crippen LogP contribution in [0.25, 0.3) is 5.69 Å². The monoisotopic (exact) mass is 311 g/mol. The third kappa shape index (κ3) is 1.91. The maximum absolute atomic E-state index is 13.8. The molecule has 0 amide bonds. The van der Waals surface area contributed by atoms with Gasteiger partial charge in [0.05, 0.1) is 27.5 Å². The van der Waals surface area contributed by atoms with Crippen LogP contribution in [-0.4, -0.2) is 9.78 Å². The van der Waals surface area contributed by atoms with Gasteiger partial charge in [0.15, 0.2) is 11.6 Å². The molecule has 92 valence electrons. The summed E-state index contributed by atoms with van der Waals surface area (Å²) in [5.74, 6) is -1.63. The zero-order chi connectivity index (χ0) is 13.4. The zero-order valence-corrected chi connectivity index (χ0v) is 11.2. The summed E-state index contributed by atoms with van der Waals surface area (Å²) in [6, 6.07) is 3.68. The van der Waals surface area contributed by atoms with Crippen LogP contribution in [-0.2, 0) is 0 Å². The highest BCUT2D eigenvalue weighted by Crippen LogP contribution is 2.26. The maximum atomic E-state index is 13.8. The van der Waals surface area contributed by atoms with E-state index in [4.69, 9.17) is 5.26 Å². The van der Waals surface area contributed by atoms with E-state index in [2.05, 4.69) is 21.0 Å². The molecule has 0 N–H and O–H groups in total. The zero-order valence-electron chi connectivity index (χ0n) is 9.63. The molecular weight excluding hydrogens is 304 g/mol. The topological polar surface area (TPSA) is 41.6 Å². The molecule has 1 aromatic carbocycles. The van der Waals surface area contributed by atoms with Crippen LogP contribution in [0.4, 0.5) is 8.78 Å². The van der Waals surface area contributed by atoms with E-state index in [0.717, 1.165) is 12.1 Å². The SMILES string of the molecule is Cc1nn(-c2c(F)cc(C#N)cc2F)c(C)c1Br. The van der Waals surface area contributed by atoms with Crippen LogP contribution in [0.2, 0.25) is 0 Å². The fourth-order valence-corrected chi connectivity index (χ4v) is 1.92. The van der Waals surface area contributed by atoms with Gasteiger partial charge < -0.3 is 0 Å². The number of aryl methyl sites for hydroxylation is 1. The van der Waals surface area contributed by atoms with Gasteiger partial charge in [-0.2, -0.15) is 10.4 Å². The van der Waals surface area contributed by atoms with Crippen molar-refractivity contribution in [1.82, 2.24) is 9.78 Å². The van der Waals surface area contributed by atoms with E-state index in [-0.39, 0.29) is 11.3 Å².